The minimum absolute atomic E-state index is 0.340. The highest BCUT2D eigenvalue weighted by molar-refractivity contribution is 5.40. The molecular formula is C16H26N5+. The Balaban J connectivity index is 1.93. The van der Waals surface area contributed by atoms with Crippen molar-refractivity contribution in [2.45, 2.75) is 64.0 Å². The highest BCUT2D eigenvalue weighted by Gasteiger charge is 2.26. The number of aromatic amines is 1. The maximum absolute atomic E-state index is 6.03. The van der Waals surface area contributed by atoms with Gasteiger partial charge in [0.15, 0.2) is 0 Å². The summed E-state index contributed by atoms with van der Waals surface area (Å²) < 4.78 is 2.02. The lowest BCUT2D eigenvalue weighted by atomic mass is 9.99. The van der Waals surface area contributed by atoms with Crippen LogP contribution in [0.5, 0.6) is 0 Å². The second kappa shape index (κ2) is 6.02. The van der Waals surface area contributed by atoms with Crippen LogP contribution in [0.2, 0.25) is 0 Å². The van der Waals surface area contributed by atoms with Crippen LogP contribution in [0.25, 0.3) is 5.65 Å². The smallest absolute Gasteiger partial charge is 0.286 e. The molecule has 1 aliphatic carbocycles. The monoisotopic (exact) mass is 288 g/mol. The van der Waals surface area contributed by atoms with Gasteiger partial charge in [-0.05, 0) is 32.1 Å². The highest BCUT2D eigenvalue weighted by atomic mass is 15.3. The van der Waals surface area contributed by atoms with Crippen LogP contribution in [0.4, 0.5) is 5.82 Å². The van der Waals surface area contributed by atoms with Crippen molar-refractivity contribution in [3.8, 4) is 0 Å². The van der Waals surface area contributed by atoms with E-state index in [0.717, 1.165) is 43.6 Å². The number of nitrogens with one attached hydrogen (secondary N) is 2. The summed E-state index contributed by atoms with van der Waals surface area (Å²) in [6.45, 7) is 4.46. The summed E-state index contributed by atoms with van der Waals surface area (Å²) in [6, 6.07) is 5.03. The fourth-order valence-electron chi connectivity index (χ4n) is 3.36. The van der Waals surface area contributed by atoms with E-state index in [1.54, 1.807) is 0 Å². The summed E-state index contributed by atoms with van der Waals surface area (Å²) in [5, 5.41) is 6.89. The average Bonchev–Trinajstić information content (AvgIpc) is 3.09. The number of fused-ring (bicyclic) bond motifs is 1. The second-order valence-corrected chi connectivity index (χ2v) is 6.15. The summed E-state index contributed by atoms with van der Waals surface area (Å²) in [7, 11) is 0. The van der Waals surface area contributed by atoms with Crippen LogP contribution >= 0.6 is 0 Å². The molecule has 2 atom stereocenters. The lowest BCUT2D eigenvalue weighted by Crippen LogP contribution is -2.33. The van der Waals surface area contributed by atoms with Crippen LogP contribution in [-0.4, -0.2) is 22.2 Å². The molecule has 0 aliphatic heterocycles. The molecule has 1 aliphatic rings. The molecule has 21 heavy (non-hydrogen) atoms. The minimum atomic E-state index is 0.340. The van der Waals surface area contributed by atoms with Crippen LogP contribution < -0.4 is 15.6 Å². The molecular weight excluding hydrogens is 262 g/mol. The van der Waals surface area contributed by atoms with E-state index in [4.69, 9.17) is 10.7 Å². The molecule has 0 radical (unpaired) electrons. The first kappa shape index (κ1) is 14.3. The third-order valence-electron chi connectivity index (χ3n) is 4.66. The van der Waals surface area contributed by atoms with Crippen molar-refractivity contribution in [2.75, 3.05) is 5.32 Å². The molecule has 2 aromatic heterocycles. The Morgan fingerprint density at radius 2 is 2.24 bits per heavy atom. The number of rotatable bonds is 5. The van der Waals surface area contributed by atoms with Crippen molar-refractivity contribution in [3.63, 3.8) is 0 Å². The Bertz CT molecular complexity index is 602. The van der Waals surface area contributed by atoms with Gasteiger partial charge in [-0.3, -0.25) is 5.10 Å². The van der Waals surface area contributed by atoms with Crippen molar-refractivity contribution < 1.29 is 4.52 Å². The molecule has 0 bridgehead atoms. The van der Waals surface area contributed by atoms with Crippen molar-refractivity contribution in [2.24, 2.45) is 5.73 Å². The van der Waals surface area contributed by atoms with Gasteiger partial charge in [0, 0.05) is 24.2 Å². The van der Waals surface area contributed by atoms with E-state index in [1.165, 1.54) is 5.69 Å². The third kappa shape index (κ3) is 2.88. The third-order valence-corrected chi connectivity index (χ3v) is 4.66. The van der Waals surface area contributed by atoms with Gasteiger partial charge < -0.3 is 11.1 Å². The molecule has 2 heterocycles. The molecule has 0 spiro atoms. The number of hydrogen-bond acceptors (Lipinski definition) is 3. The lowest BCUT2D eigenvalue weighted by molar-refractivity contribution is -0.564. The van der Waals surface area contributed by atoms with Crippen molar-refractivity contribution in [3.05, 3.63) is 24.0 Å². The standard InChI is InChI=1S/C16H25N5/c1-3-11(4-2)14-10-16(19-13-6-5-12(17)9-13)21-15(20-14)7-8-18-21/h7-8,10-13H,3-6,9,17H2,1-2H3,(H,18,19,20)/p+1/t12-,13-/m0/s1. The van der Waals surface area contributed by atoms with Gasteiger partial charge in [-0.1, -0.05) is 13.8 Å². The van der Waals surface area contributed by atoms with E-state index in [2.05, 4.69) is 30.3 Å². The predicted octanol–water partition coefficient (Wildman–Crippen LogP) is 2.34. The van der Waals surface area contributed by atoms with Gasteiger partial charge in [0.25, 0.3) is 5.65 Å². The summed E-state index contributed by atoms with van der Waals surface area (Å²) in [5.41, 5.74) is 8.19. The van der Waals surface area contributed by atoms with Crippen LogP contribution in [0.1, 0.15) is 57.6 Å². The number of nitrogens with two attached hydrogens (primary N) is 1. The van der Waals surface area contributed by atoms with E-state index in [-0.39, 0.29) is 0 Å². The normalized spacial score (nSPS) is 22.3. The van der Waals surface area contributed by atoms with Crippen molar-refractivity contribution in [1.82, 2.24) is 10.1 Å². The molecule has 5 heteroatoms. The SMILES string of the molecule is CCC(CC)c1cc(N[C@H]2CC[C@H](N)C2)[n+]2[nH]ccc2n1. The Kier molecular flexibility index (Phi) is 4.10. The molecule has 3 rings (SSSR count). The summed E-state index contributed by atoms with van der Waals surface area (Å²) in [4.78, 5) is 4.79. The first-order chi connectivity index (χ1) is 10.2. The Labute approximate surface area is 125 Å². The first-order valence-electron chi connectivity index (χ1n) is 8.13. The zero-order chi connectivity index (χ0) is 14.8. The minimum Gasteiger partial charge on any atom is -0.328 e. The average molecular weight is 288 g/mol. The Hall–Kier alpha value is -1.62. The molecule has 5 nitrogen and oxygen atoms in total. The maximum Gasteiger partial charge on any atom is 0.286 e. The summed E-state index contributed by atoms with van der Waals surface area (Å²) >= 11 is 0. The first-order valence-corrected chi connectivity index (χ1v) is 8.13. The number of hydrogen-bond donors (Lipinski definition) is 3. The number of H-pyrrole nitrogens is 1. The molecule has 4 N–H and O–H groups in total. The van der Waals surface area contributed by atoms with Gasteiger partial charge in [-0.25, -0.2) is 0 Å². The van der Waals surface area contributed by atoms with E-state index in [9.17, 15) is 0 Å². The van der Waals surface area contributed by atoms with Gasteiger partial charge in [-0.15, -0.1) is 9.50 Å². The fraction of sp³-hybridized carbons (Fsp3) is 0.625. The van der Waals surface area contributed by atoms with Gasteiger partial charge in [0.05, 0.1) is 12.1 Å². The van der Waals surface area contributed by atoms with Crippen LogP contribution in [0.3, 0.4) is 0 Å². The molecule has 2 aromatic rings. The maximum atomic E-state index is 6.03. The van der Waals surface area contributed by atoms with Crippen LogP contribution in [-0.2, 0) is 0 Å². The summed E-state index contributed by atoms with van der Waals surface area (Å²) in [6.07, 6.45) is 7.49. The van der Waals surface area contributed by atoms with Gasteiger partial charge in [0.1, 0.15) is 5.69 Å². The van der Waals surface area contributed by atoms with Crippen LogP contribution in [0.15, 0.2) is 18.3 Å². The van der Waals surface area contributed by atoms with Crippen molar-refractivity contribution in [1.29, 1.82) is 0 Å². The number of nitrogens with zero attached hydrogens (tertiary/aromatic N) is 2. The predicted molar refractivity (Wildman–Crippen MR) is 84.3 cm³/mol. The fourth-order valence-corrected chi connectivity index (χ4v) is 3.36. The van der Waals surface area contributed by atoms with E-state index < -0.39 is 0 Å². The molecule has 0 unspecified atom stereocenters. The second-order valence-electron chi connectivity index (χ2n) is 6.15. The Morgan fingerprint density at radius 3 is 2.90 bits per heavy atom. The highest BCUT2D eigenvalue weighted by Crippen LogP contribution is 2.25. The molecule has 1 fully saturated rings. The van der Waals surface area contributed by atoms with Gasteiger partial charge in [0.2, 0.25) is 5.82 Å². The van der Waals surface area contributed by atoms with Gasteiger partial charge in [-0.2, -0.15) is 0 Å². The van der Waals surface area contributed by atoms with E-state index >= 15 is 0 Å². The molecule has 0 saturated heterocycles. The zero-order valence-electron chi connectivity index (χ0n) is 13.0. The van der Waals surface area contributed by atoms with E-state index in [1.807, 2.05) is 16.8 Å². The topological polar surface area (TPSA) is 70.8 Å². The zero-order valence-corrected chi connectivity index (χ0v) is 13.0. The molecule has 0 aromatic carbocycles. The summed E-state index contributed by atoms with van der Waals surface area (Å²) in [5.74, 6) is 1.63. The van der Waals surface area contributed by atoms with Gasteiger partial charge >= 0.3 is 0 Å². The van der Waals surface area contributed by atoms with Crippen LogP contribution in [0, 0.1) is 0 Å². The largest absolute Gasteiger partial charge is 0.328 e. The van der Waals surface area contributed by atoms with Crippen molar-refractivity contribution >= 4 is 11.5 Å². The molecule has 1 saturated carbocycles. The molecule has 0 amide bonds. The lowest BCUT2D eigenvalue weighted by Gasteiger charge is -2.13. The quantitative estimate of drug-likeness (QED) is 0.740. The Morgan fingerprint density at radius 1 is 1.43 bits per heavy atom. The number of anilines is 1. The molecule has 114 valence electrons. The number of aromatic nitrogens is 3. The van der Waals surface area contributed by atoms with E-state index in [0.29, 0.717) is 18.0 Å².